The van der Waals surface area contributed by atoms with E-state index in [1.165, 1.54) is 0 Å². The van der Waals surface area contributed by atoms with Crippen molar-refractivity contribution in [1.82, 2.24) is 5.01 Å². The molecule has 0 aliphatic heterocycles. The maximum absolute atomic E-state index is 11.9. The van der Waals surface area contributed by atoms with Crippen LogP contribution in [0.25, 0.3) is 0 Å². The number of esters is 1. The van der Waals surface area contributed by atoms with E-state index in [2.05, 4.69) is 24.2 Å². The number of hydrogen-bond donors (Lipinski definition) is 0. The molecule has 0 spiro atoms. The fourth-order valence-corrected chi connectivity index (χ4v) is 1.45. The topological polar surface area (TPSA) is 54.3 Å². The van der Waals surface area contributed by atoms with Crippen LogP contribution in [0.15, 0.2) is 28.5 Å². The molecule has 0 unspecified atom stereocenters. The van der Waals surface area contributed by atoms with Crippen molar-refractivity contribution in [2.75, 3.05) is 20.7 Å². The molecule has 5 nitrogen and oxygen atoms in total. The Labute approximate surface area is 120 Å². The van der Waals surface area contributed by atoms with Gasteiger partial charge in [-0.2, -0.15) is 0 Å². The number of carbonyl (C=O) groups is 1. The Morgan fingerprint density at radius 2 is 2.05 bits per heavy atom. The van der Waals surface area contributed by atoms with Crippen LogP contribution in [0.5, 0.6) is 0 Å². The van der Waals surface area contributed by atoms with E-state index in [1.807, 2.05) is 13.0 Å². The van der Waals surface area contributed by atoms with E-state index in [0.29, 0.717) is 23.8 Å². The van der Waals surface area contributed by atoms with Gasteiger partial charge in [0.1, 0.15) is 0 Å². The van der Waals surface area contributed by atoms with Crippen LogP contribution in [0.3, 0.4) is 0 Å². The van der Waals surface area contributed by atoms with Crippen LogP contribution in [0.4, 0.5) is 5.69 Å². The smallest absolute Gasteiger partial charge is 0.338 e. The zero-order valence-electron chi connectivity index (χ0n) is 12.9. The minimum Gasteiger partial charge on any atom is -0.462 e. The van der Waals surface area contributed by atoms with Crippen molar-refractivity contribution in [3.63, 3.8) is 0 Å². The molecule has 0 aliphatic carbocycles. The summed E-state index contributed by atoms with van der Waals surface area (Å²) in [5.41, 5.74) is 2.15. The van der Waals surface area contributed by atoms with Gasteiger partial charge < -0.3 is 4.74 Å². The first-order valence-corrected chi connectivity index (χ1v) is 6.77. The summed E-state index contributed by atoms with van der Waals surface area (Å²) in [7, 11) is 3.59. The summed E-state index contributed by atoms with van der Waals surface area (Å²) >= 11 is 0. The van der Waals surface area contributed by atoms with Crippen molar-refractivity contribution in [2.45, 2.75) is 27.2 Å². The first kappa shape index (κ1) is 16.1. The van der Waals surface area contributed by atoms with Gasteiger partial charge in [-0.15, -0.1) is 5.11 Å². The zero-order valence-corrected chi connectivity index (χ0v) is 12.9. The van der Waals surface area contributed by atoms with Crippen LogP contribution in [0.1, 0.15) is 36.2 Å². The van der Waals surface area contributed by atoms with Crippen LogP contribution in [0.2, 0.25) is 0 Å². The van der Waals surface area contributed by atoms with Crippen molar-refractivity contribution < 1.29 is 9.53 Å². The van der Waals surface area contributed by atoms with Crippen molar-refractivity contribution in [3.8, 4) is 0 Å². The molecule has 110 valence electrons. The molecule has 0 amide bonds. The molecule has 0 radical (unpaired) electrons. The van der Waals surface area contributed by atoms with Gasteiger partial charge in [-0.1, -0.05) is 25.1 Å². The first-order chi connectivity index (χ1) is 9.40. The Kier molecular flexibility index (Phi) is 6.15. The second-order valence-corrected chi connectivity index (χ2v) is 5.36. The average Bonchev–Trinajstić information content (AvgIpc) is 2.37. The Morgan fingerprint density at radius 1 is 1.35 bits per heavy atom. The van der Waals surface area contributed by atoms with Crippen molar-refractivity contribution >= 4 is 11.7 Å². The fraction of sp³-hybridized carbons (Fsp3) is 0.533. The minimum atomic E-state index is -0.313. The van der Waals surface area contributed by atoms with Crippen molar-refractivity contribution in [1.29, 1.82) is 0 Å². The van der Waals surface area contributed by atoms with Gasteiger partial charge in [0.25, 0.3) is 0 Å². The maximum atomic E-state index is 11.9. The molecular weight excluding hydrogens is 254 g/mol. The standard InChI is InChI=1S/C15H23N3O2/c1-11(2)8-9-20-15(19)13-7-6-12(3)14(10-13)16-17-18(4)5/h6-7,10-11H,8-9H2,1-5H3. The van der Waals surface area contributed by atoms with Gasteiger partial charge in [-0.3, -0.25) is 5.01 Å². The lowest BCUT2D eigenvalue weighted by atomic mass is 10.1. The third-order valence-corrected chi connectivity index (χ3v) is 2.70. The van der Waals surface area contributed by atoms with E-state index >= 15 is 0 Å². The van der Waals surface area contributed by atoms with Gasteiger partial charge >= 0.3 is 5.97 Å². The lowest BCUT2D eigenvalue weighted by Gasteiger charge is -2.08. The first-order valence-electron chi connectivity index (χ1n) is 6.77. The summed E-state index contributed by atoms with van der Waals surface area (Å²) in [6, 6.07) is 5.31. The van der Waals surface area contributed by atoms with E-state index < -0.39 is 0 Å². The SMILES string of the molecule is Cc1ccc(C(=O)OCCC(C)C)cc1N=NN(C)C. The number of rotatable bonds is 6. The number of carbonyl (C=O) groups excluding carboxylic acids is 1. The van der Waals surface area contributed by atoms with E-state index in [1.54, 1.807) is 31.2 Å². The Hall–Kier alpha value is -1.91. The van der Waals surface area contributed by atoms with E-state index in [-0.39, 0.29) is 5.97 Å². The van der Waals surface area contributed by atoms with Gasteiger partial charge in [0.05, 0.1) is 17.9 Å². The summed E-state index contributed by atoms with van der Waals surface area (Å²) in [5.74, 6) is 0.206. The van der Waals surface area contributed by atoms with Crippen LogP contribution in [0, 0.1) is 12.8 Å². The second-order valence-electron chi connectivity index (χ2n) is 5.36. The summed E-state index contributed by atoms with van der Waals surface area (Å²) in [6.07, 6.45) is 0.866. The molecule has 1 rings (SSSR count). The van der Waals surface area contributed by atoms with Gasteiger partial charge in [0.2, 0.25) is 0 Å². The Morgan fingerprint density at radius 3 is 2.65 bits per heavy atom. The molecule has 0 atom stereocenters. The quantitative estimate of drug-likeness (QED) is 0.452. The third kappa shape index (κ3) is 5.38. The van der Waals surface area contributed by atoms with Gasteiger partial charge in [0, 0.05) is 14.1 Å². The predicted octanol–water partition coefficient (Wildman–Crippen LogP) is 3.76. The number of hydrogen-bond acceptors (Lipinski definition) is 4. The van der Waals surface area contributed by atoms with Crippen LogP contribution >= 0.6 is 0 Å². The molecule has 0 fully saturated rings. The van der Waals surface area contributed by atoms with Crippen molar-refractivity contribution in [2.24, 2.45) is 16.3 Å². The molecule has 5 heteroatoms. The monoisotopic (exact) mass is 277 g/mol. The molecule has 20 heavy (non-hydrogen) atoms. The molecule has 0 aromatic heterocycles. The van der Waals surface area contributed by atoms with Crippen LogP contribution in [-0.4, -0.2) is 31.7 Å². The lowest BCUT2D eigenvalue weighted by molar-refractivity contribution is 0.0488. The molecule has 1 aromatic carbocycles. The highest BCUT2D eigenvalue weighted by Crippen LogP contribution is 2.21. The molecule has 0 bridgehead atoms. The maximum Gasteiger partial charge on any atom is 0.338 e. The second kappa shape index (κ2) is 7.62. The number of aryl methyl sites for hydroxylation is 1. The zero-order chi connectivity index (χ0) is 15.1. The van der Waals surface area contributed by atoms with Crippen molar-refractivity contribution in [3.05, 3.63) is 29.3 Å². The summed E-state index contributed by atoms with van der Waals surface area (Å²) in [4.78, 5) is 11.9. The molecular formula is C15H23N3O2. The molecule has 0 saturated heterocycles. The normalized spacial score (nSPS) is 11.1. The van der Waals surface area contributed by atoms with E-state index in [9.17, 15) is 4.79 Å². The highest BCUT2D eigenvalue weighted by atomic mass is 16.5. The highest BCUT2D eigenvalue weighted by Gasteiger charge is 2.09. The largest absolute Gasteiger partial charge is 0.462 e. The molecule has 0 saturated carbocycles. The predicted molar refractivity (Wildman–Crippen MR) is 79.1 cm³/mol. The Bertz CT molecular complexity index is 482. The highest BCUT2D eigenvalue weighted by molar-refractivity contribution is 5.90. The average molecular weight is 277 g/mol. The molecule has 0 N–H and O–H groups in total. The van der Waals surface area contributed by atoms with Gasteiger partial charge in [-0.05, 0) is 37.0 Å². The fourth-order valence-electron chi connectivity index (χ4n) is 1.45. The molecule has 1 aromatic rings. The van der Waals surface area contributed by atoms with Gasteiger partial charge in [-0.25, -0.2) is 4.79 Å². The van der Waals surface area contributed by atoms with Crippen LogP contribution in [-0.2, 0) is 4.74 Å². The molecule has 0 aliphatic rings. The Balaban J connectivity index is 2.76. The van der Waals surface area contributed by atoms with Crippen LogP contribution < -0.4 is 0 Å². The molecule has 0 heterocycles. The lowest BCUT2D eigenvalue weighted by Crippen LogP contribution is -2.08. The number of nitrogens with zero attached hydrogens (tertiary/aromatic N) is 3. The summed E-state index contributed by atoms with van der Waals surface area (Å²) in [5, 5.41) is 9.65. The summed E-state index contributed by atoms with van der Waals surface area (Å²) < 4.78 is 5.24. The van der Waals surface area contributed by atoms with E-state index in [0.717, 1.165) is 12.0 Å². The van der Waals surface area contributed by atoms with Gasteiger partial charge in [0.15, 0.2) is 0 Å². The number of benzene rings is 1. The van der Waals surface area contributed by atoms with E-state index in [4.69, 9.17) is 4.74 Å². The summed E-state index contributed by atoms with van der Waals surface area (Å²) in [6.45, 7) is 6.57. The minimum absolute atomic E-state index is 0.313. The third-order valence-electron chi connectivity index (χ3n) is 2.70. The number of ether oxygens (including phenoxy) is 1.